The summed E-state index contributed by atoms with van der Waals surface area (Å²) in [4.78, 5) is 23.0. The number of methoxy groups -OCH3 is 1. The van der Waals surface area contributed by atoms with Crippen LogP contribution in [0, 0.1) is 5.92 Å². The summed E-state index contributed by atoms with van der Waals surface area (Å²) in [6.07, 6.45) is 12.8. The Morgan fingerprint density at radius 1 is 1.11 bits per heavy atom. The molecule has 1 aromatic carbocycles. The zero-order valence-electron chi connectivity index (χ0n) is 16.4. The topological polar surface area (TPSA) is 73.9 Å². The van der Waals surface area contributed by atoms with Crippen molar-refractivity contribution in [2.24, 2.45) is 5.92 Å². The molecule has 0 saturated carbocycles. The molecule has 28 heavy (non-hydrogen) atoms. The Bertz CT molecular complexity index is 666. The van der Waals surface area contributed by atoms with Gasteiger partial charge in [-0.1, -0.05) is 30.7 Å². The van der Waals surface area contributed by atoms with E-state index >= 15 is 0 Å². The van der Waals surface area contributed by atoms with E-state index in [0.29, 0.717) is 23.8 Å². The molecule has 1 unspecified atom stereocenters. The number of carbonyl (C=O) groups is 2. The highest BCUT2D eigenvalue weighted by atomic mass is 16.6. The van der Waals surface area contributed by atoms with Crippen molar-refractivity contribution in [2.75, 3.05) is 32.2 Å². The third kappa shape index (κ3) is 8.86. The number of amides is 1. The van der Waals surface area contributed by atoms with E-state index in [1.54, 1.807) is 24.3 Å². The number of esters is 1. The summed E-state index contributed by atoms with van der Waals surface area (Å²) in [5.74, 6) is 0.588. The Labute approximate surface area is 166 Å². The highest BCUT2D eigenvalue weighted by Gasteiger charge is 2.06. The lowest BCUT2D eigenvalue weighted by atomic mass is 10.0. The number of allylic oxidation sites excluding steroid dienone is 3. The Hall–Kier alpha value is -2.60. The van der Waals surface area contributed by atoms with Crippen LogP contribution >= 0.6 is 0 Å². The van der Waals surface area contributed by atoms with Gasteiger partial charge < -0.3 is 19.5 Å². The second-order valence-electron chi connectivity index (χ2n) is 6.63. The van der Waals surface area contributed by atoms with Crippen molar-refractivity contribution >= 4 is 17.6 Å². The third-order valence-electron chi connectivity index (χ3n) is 4.32. The van der Waals surface area contributed by atoms with Crippen LogP contribution < -0.4 is 10.1 Å². The van der Waals surface area contributed by atoms with Crippen LogP contribution in [0.2, 0.25) is 0 Å². The molecule has 0 aromatic heterocycles. The molecule has 1 atom stereocenters. The molecule has 0 saturated heterocycles. The number of anilines is 1. The SMILES string of the molecule is COC(=O)COc1ccc(NC(=O)CCCCCOCC2C=CC=CC2)cc1. The molecule has 1 aliphatic carbocycles. The van der Waals surface area contributed by atoms with Crippen LogP contribution in [0.3, 0.4) is 0 Å². The first-order chi connectivity index (χ1) is 13.7. The summed E-state index contributed by atoms with van der Waals surface area (Å²) in [5.41, 5.74) is 0.702. The van der Waals surface area contributed by atoms with E-state index in [4.69, 9.17) is 9.47 Å². The zero-order valence-corrected chi connectivity index (χ0v) is 16.4. The normalized spacial score (nSPS) is 15.2. The average Bonchev–Trinajstić information content (AvgIpc) is 2.73. The van der Waals surface area contributed by atoms with Crippen LogP contribution in [0.5, 0.6) is 5.75 Å². The van der Waals surface area contributed by atoms with Gasteiger partial charge in [-0.05, 0) is 43.5 Å². The highest BCUT2D eigenvalue weighted by molar-refractivity contribution is 5.90. The average molecular weight is 387 g/mol. The van der Waals surface area contributed by atoms with Gasteiger partial charge in [0.15, 0.2) is 6.61 Å². The van der Waals surface area contributed by atoms with Crippen molar-refractivity contribution < 1.29 is 23.8 Å². The van der Waals surface area contributed by atoms with Gasteiger partial charge in [-0.15, -0.1) is 0 Å². The lowest BCUT2D eigenvalue weighted by Gasteiger charge is -2.13. The third-order valence-corrected chi connectivity index (χ3v) is 4.32. The van der Waals surface area contributed by atoms with E-state index < -0.39 is 5.97 Å². The van der Waals surface area contributed by atoms with Gasteiger partial charge in [0.25, 0.3) is 0 Å². The summed E-state index contributed by atoms with van der Waals surface area (Å²) >= 11 is 0. The van der Waals surface area contributed by atoms with E-state index in [-0.39, 0.29) is 12.5 Å². The highest BCUT2D eigenvalue weighted by Crippen LogP contribution is 2.16. The smallest absolute Gasteiger partial charge is 0.343 e. The van der Waals surface area contributed by atoms with E-state index in [9.17, 15) is 9.59 Å². The molecule has 2 rings (SSSR count). The van der Waals surface area contributed by atoms with Gasteiger partial charge in [0.2, 0.25) is 5.91 Å². The van der Waals surface area contributed by atoms with Crippen molar-refractivity contribution in [1.29, 1.82) is 0 Å². The van der Waals surface area contributed by atoms with Crippen molar-refractivity contribution in [1.82, 2.24) is 0 Å². The molecule has 0 aliphatic heterocycles. The predicted molar refractivity (Wildman–Crippen MR) is 108 cm³/mol. The standard InChI is InChI=1S/C22H29NO5/c1-26-22(25)17-28-20-13-11-19(12-14-20)23-21(24)10-6-3-7-15-27-16-18-8-4-2-5-9-18/h2,4-5,8,11-14,18H,3,6-7,9-10,15-17H2,1H3,(H,23,24). The molecular formula is C22H29NO5. The first kappa shape index (κ1) is 21.7. The van der Waals surface area contributed by atoms with Gasteiger partial charge in [0.1, 0.15) is 5.75 Å². The van der Waals surface area contributed by atoms with Gasteiger partial charge in [-0.3, -0.25) is 4.79 Å². The molecule has 6 heteroatoms. The number of carbonyl (C=O) groups excluding carboxylic acids is 2. The van der Waals surface area contributed by atoms with Crippen LogP contribution in [0.1, 0.15) is 32.1 Å². The van der Waals surface area contributed by atoms with Crippen LogP contribution in [0.4, 0.5) is 5.69 Å². The first-order valence-corrected chi connectivity index (χ1v) is 9.68. The van der Waals surface area contributed by atoms with E-state index in [2.05, 4.69) is 34.4 Å². The molecule has 0 fully saturated rings. The Kier molecular flexibility index (Phi) is 9.86. The second kappa shape index (κ2) is 12.7. The molecule has 0 bridgehead atoms. The van der Waals surface area contributed by atoms with Gasteiger partial charge in [0.05, 0.1) is 13.7 Å². The van der Waals surface area contributed by atoms with Crippen LogP contribution in [-0.4, -0.2) is 38.8 Å². The van der Waals surface area contributed by atoms with E-state index in [0.717, 1.165) is 38.9 Å². The minimum atomic E-state index is -0.439. The Balaban J connectivity index is 1.51. The van der Waals surface area contributed by atoms with E-state index in [1.165, 1.54) is 7.11 Å². The number of nitrogens with one attached hydrogen (secondary N) is 1. The summed E-state index contributed by atoms with van der Waals surface area (Å²) in [6.45, 7) is 1.36. The number of ether oxygens (including phenoxy) is 3. The van der Waals surface area contributed by atoms with Gasteiger partial charge in [-0.25, -0.2) is 4.79 Å². The molecule has 1 amide bonds. The van der Waals surface area contributed by atoms with Crippen LogP contribution in [0.25, 0.3) is 0 Å². The molecule has 0 spiro atoms. The molecular weight excluding hydrogens is 358 g/mol. The monoisotopic (exact) mass is 387 g/mol. The van der Waals surface area contributed by atoms with Gasteiger partial charge >= 0.3 is 5.97 Å². The first-order valence-electron chi connectivity index (χ1n) is 9.68. The minimum Gasteiger partial charge on any atom is -0.482 e. The maximum atomic E-state index is 12.0. The molecule has 1 aliphatic rings. The van der Waals surface area contributed by atoms with Gasteiger partial charge in [0, 0.05) is 24.6 Å². The quantitative estimate of drug-likeness (QED) is 0.435. The van der Waals surface area contributed by atoms with Crippen molar-refractivity contribution in [3.05, 3.63) is 48.6 Å². The van der Waals surface area contributed by atoms with Crippen LogP contribution in [-0.2, 0) is 19.1 Å². The number of unbranched alkanes of at least 4 members (excludes halogenated alkanes) is 2. The fourth-order valence-corrected chi connectivity index (χ4v) is 2.72. The van der Waals surface area contributed by atoms with Crippen molar-refractivity contribution in [2.45, 2.75) is 32.1 Å². The summed E-state index contributed by atoms with van der Waals surface area (Å²) < 4.78 is 15.5. The maximum Gasteiger partial charge on any atom is 0.343 e. The van der Waals surface area contributed by atoms with Crippen molar-refractivity contribution in [3.63, 3.8) is 0 Å². The van der Waals surface area contributed by atoms with E-state index in [1.807, 2.05) is 0 Å². The minimum absolute atomic E-state index is 0.0109. The lowest BCUT2D eigenvalue weighted by Crippen LogP contribution is -2.13. The molecule has 0 heterocycles. The molecule has 1 N–H and O–H groups in total. The zero-order chi connectivity index (χ0) is 20.0. The lowest BCUT2D eigenvalue weighted by molar-refractivity contribution is -0.142. The number of benzene rings is 1. The molecule has 0 radical (unpaired) electrons. The number of rotatable bonds is 12. The summed E-state index contributed by atoms with van der Waals surface area (Å²) in [7, 11) is 1.31. The van der Waals surface area contributed by atoms with Crippen molar-refractivity contribution in [3.8, 4) is 5.75 Å². The Morgan fingerprint density at radius 3 is 2.64 bits per heavy atom. The number of hydrogen-bond donors (Lipinski definition) is 1. The summed E-state index contributed by atoms with van der Waals surface area (Å²) in [6, 6.07) is 6.89. The van der Waals surface area contributed by atoms with Crippen LogP contribution in [0.15, 0.2) is 48.6 Å². The maximum absolute atomic E-state index is 12.0. The molecule has 6 nitrogen and oxygen atoms in total. The second-order valence-corrected chi connectivity index (χ2v) is 6.63. The molecule has 1 aromatic rings. The Morgan fingerprint density at radius 2 is 1.93 bits per heavy atom. The predicted octanol–water partition coefficient (Wildman–Crippen LogP) is 3.89. The fraction of sp³-hybridized carbons (Fsp3) is 0.455. The number of hydrogen-bond acceptors (Lipinski definition) is 5. The largest absolute Gasteiger partial charge is 0.482 e. The molecule has 152 valence electrons. The summed E-state index contributed by atoms with van der Waals surface area (Å²) in [5, 5.41) is 2.86. The van der Waals surface area contributed by atoms with Gasteiger partial charge in [-0.2, -0.15) is 0 Å². The fourth-order valence-electron chi connectivity index (χ4n) is 2.72.